The lowest BCUT2D eigenvalue weighted by Gasteiger charge is -2.27. The Hall–Kier alpha value is -0.630. The van der Waals surface area contributed by atoms with E-state index in [0.29, 0.717) is 11.1 Å². The lowest BCUT2D eigenvalue weighted by atomic mass is 10.2. The highest BCUT2D eigenvalue weighted by atomic mass is 32.2. The highest BCUT2D eigenvalue weighted by Crippen LogP contribution is 2.39. The van der Waals surface area contributed by atoms with Gasteiger partial charge in [-0.05, 0) is 18.6 Å². The zero-order valence-electron chi connectivity index (χ0n) is 11.0. The Balaban J connectivity index is 1.58. The van der Waals surface area contributed by atoms with Crippen LogP contribution in [0.5, 0.6) is 0 Å². The van der Waals surface area contributed by atoms with E-state index in [4.69, 9.17) is 15.0 Å². The first-order valence-electron chi connectivity index (χ1n) is 6.84. The van der Waals surface area contributed by atoms with E-state index >= 15 is 0 Å². The monoisotopic (exact) mass is 284 g/mol. The summed E-state index contributed by atoms with van der Waals surface area (Å²) >= 11 is 1.89. The van der Waals surface area contributed by atoms with E-state index in [9.17, 15) is 0 Å². The minimum Gasteiger partial charge on any atom is -0.379 e. The maximum Gasteiger partial charge on any atom is 0.239 e. The van der Waals surface area contributed by atoms with Gasteiger partial charge in [-0.25, -0.2) is 0 Å². The zero-order valence-corrected chi connectivity index (χ0v) is 11.8. The number of morpholine rings is 1. The van der Waals surface area contributed by atoms with Gasteiger partial charge in [0.25, 0.3) is 0 Å². The molecule has 0 aromatic carbocycles. The minimum absolute atomic E-state index is 0.179. The molecule has 2 unspecified atom stereocenters. The third-order valence-corrected chi connectivity index (χ3v) is 4.92. The Morgan fingerprint density at radius 1 is 1.42 bits per heavy atom. The molecule has 0 saturated carbocycles. The van der Waals surface area contributed by atoms with Crippen molar-refractivity contribution >= 4 is 11.8 Å². The third kappa shape index (κ3) is 3.28. The summed E-state index contributed by atoms with van der Waals surface area (Å²) in [6.45, 7) is 4.18. The maximum absolute atomic E-state index is 6.16. The number of hydrogen-bond acceptors (Lipinski definition) is 7. The molecule has 2 atom stereocenters. The summed E-state index contributed by atoms with van der Waals surface area (Å²) in [4.78, 5) is 6.76. The maximum atomic E-state index is 6.16. The van der Waals surface area contributed by atoms with Gasteiger partial charge in [-0.15, -0.1) is 11.8 Å². The van der Waals surface area contributed by atoms with Crippen LogP contribution in [-0.4, -0.2) is 53.6 Å². The molecule has 0 spiro atoms. The van der Waals surface area contributed by atoms with Crippen molar-refractivity contribution in [2.45, 2.75) is 24.1 Å². The van der Waals surface area contributed by atoms with Crippen molar-refractivity contribution in [3.63, 3.8) is 0 Å². The largest absolute Gasteiger partial charge is 0.379 e. The van der Waals surface area contributed by atoms with Gasteiger partial charge in [0.2, 0.25) is 5.89 Å². The third-order valence-electron chi connectivity index (χ3n) is 3.55. The molecular formula is C12H20N4O2S. The van der Waals surface area contributed by atoms with Crippen LogP contribution in [0.15, 0.2) is 4.52 Å². The Labute approximate surface area is 117 Å². The fourth-order valence-corrected chi connectivity index (χ4v) is 3.63. The number of nitrogens with two attached hydrogens (primary N) is 1. The minimum atomic E-state index is -0.179. The van der Waals surface area contributed by atoms with E-state index in [1.54, 1.807) is 0 Å². The van der Waals surface area contributed by atoms with Crippen LogP contribution in [0.3, 0.4) is 0 Å². The van der Waals surface area contributed by atoms with Crippen molar-refractivity contribution < 1.29 is 9.26 Å². The second-order valence-corrected chi connectivity index (χ2v) is 6.32. The second kappa shape index (κ2) is 6.21. The summed E-state index contributed by atoms with van der Waals surface area (Å²) in [5, 5.41) is 4.42. The van der Waals surface area contributed by atoms with Gasteiger partial charge in [0.05, 0.1) is 24.5 Å². The van der Waals surface area contributed by atoms with Gasteiger partial charge >= 0.3 is 0 Å². The Morgan fingerprint density at radius 2 is 2.26 bits per heavy atom. The molecule has 2 N–H and O–H groups in total. The first-order valence-corrected chi connectivity index (χ1v) is 7.88. The molecule has 0 aliphatic carbocycles. The lowest BCUT2D eigenvalue weighted by Crippen LogP contribution is -2.40. The van der Waals surface area contributed by atoms with Gasteiger partial charge in [-0.1, -0.05) is 5.16 Å². The predicted octanol–water partition coefficient (Wildman–Crippen LogP) is 0.970. The molecule has 2 fully saturated rings. The molecule has 1 aromatic rings. The molecule has 2 saturated heterocycles. The van der Waals surface area contributed by atoms with Crippen LogP contribution in [-0.2, 0) is 4.74 Å². The molecule has 3 rings (SSSR count). The lowest BCUT2D eigenvalue weighted by molar-refractivity contribution is 0.0348. The van der Waals surface area contributed by atoms with E-state index in [0.717, 1.165) is 45.2 Å². The van der Waals surface area contributed by atoms with E-state index in [1.807, 2.05) is 11.8 Å². The molecule has 2 aliphatic rings. The van der Waals surface area contributed by atoms with Crippen LogP contribution in [0, 0.1) is 0 Å². The predicted molar refractivity (Wildman–Crippen MR) is 72.9 cm³/mol. The van der Waals surface area contributed by atoms with E-state index in [2.05, 4.69) is 15.0 Å². The van der Waals surface area contributed by atoms with Crippen molar-refractivity contribution in [3.05, 3.63) is 11.7 Å². The first-order chi connectivity index (χ1) is 9.33. The van der Waals surface area contributed by atoms with Gasteiger partial charge < -0.3 is 15.0 Å². The second-order valence-electron chi connectivity index (χ2n) is 5.01. The van der Waals surface area contributed by atoms with Crippen LogP contribution in [0.25, 0.3) is 0 Å². The normalized spacial score (nSPS) is 26.7. The van der Waals surface area contributed by atoms with Crippen molar-refractivity contribution in [1.29, 1.82) is 0 Å². The summed E-state index contributed by atoms with van der Waals surface area (Å²) in [7, 11) is 0. The van der Waals surface area contributed by atoms with Gasteiger partial charge in [0.15, 0.2) is 5.82 Å². The van der Waals surface area contributed by atoms with E-state index in [1.165, 1.54) is 12.2 Å². The summed E-state index contributed by atoms with van der Waals surface area (Å²) in [5.41, 5.74) is 6.16. The molecule has 0 bridgehead atoms. The fraction of sp³-hybridized carbons (Fsp3) is 0.833. The van der Waals surface area contributed by atoms with Gasteiger partial charge in [-0.2, -0.15) is 4.98 Å². The molecule has 19 heavy (non-hydrogen) atoms. The highest BCUT2D eigenvalue weighted by molar-refractivity contribution is 7.99. The first kappa shape index (κ1) is 13.4. The van der Waals surface area contributed by atoms with E-state index < -0.39 is 0 Å². The average molecular weight is 284 g/mol. The van der Waals surface area contributed by atoms with Crippen LogP contribution in [0.4, 0.5) is 0 Å². The Morgan fingerprint density at radius 3 is 3.00 bits per heavy atom. The molecule has 3 heterocycles. The Kier molecular flexibility index (Phi) is 4.37. The van der Waals surface area contributed by atoms with Gasteiger partial charge in [0, 0.05) is 19.6 Å². The quantitative estimate of drug-likeness (QED) is 0.882. The zero-order chi connectivity index (χ0) is 13.1. The Bertz CT molecular complexity index is 402. The topological polar surface area (TPSA) is 77.4 Å². The SMILES string of the molecule is NC(CN1CCOCC1)c1noc(C2CCCS2)n1. The van der Waals surface area contributed by atoms with Gasteiger partial charge in [-0.3, -0.25) is 4.90 Å². The van der Waals surface area contributed by atoms with E-state index in [-0.39, 0.29) is 6.04 Å². The standard InChI is InChI=1S/C12H20N4O2S/c13-9(8-16-3-5-17-6-4-16)11-14-12(18-15-11)10-2-1-7-19-10/h9-10H,1-8,13H2. The number of rotatable bonds is 4. The smallest absolute Gasteiger partial charge is 0.239 e. The number of aromatic nitrogens is 2. The molecular weight excluding hydrogens is 264 g/mol. The molecule has 7 heteroatoms. The van der Waals surface area contributed by atoms with Crippen molar-refractivity contribution in [3.8, 4) is 0 Å². The fourth-order valence-electron chi connectivity index (χ4n) is 2.44. The number of nitrogens with zero attached hydrogens (tertiary/aromatic N) is 3. The number of thioether (sulfide) groups is 1. The van der Waals surface area contributed by atoms with Crippen molar-refractivity contribution in [2.75, 3.05) is 38.6 Å². The van der Waals surface area contributed by atoms with Crippen LogP contribution in [0.1, 0.15) is 35.8 Å². The summed E-state index contributed by atoms with van der Waals surface area (Å²) in [6, 6.07) is -0.179. The van der Waals surface area contributed by atoms with Crippen LogP contribution < -0.4 is 5.73 Å². The molecule has 2 aliphatic heterocycles. The average Bonchev–Trinajstić information content (AvgIpc) is 3.11. The summed E-state index contributed by atoms with van der Waals surface area (Å²) in [5.74, 6) is 2.56. The summed E-state index contributed by atoms with van der Waals surface area (Å²) in [6.07, 6.45) is 2.36. The highest BCUT2D eigenvalue weighted by Gasteiger charge is 2.25. The van der Waals surface area contributed by atoms with Crippen molar-refractivity contribution in [1.82, 2.24) is 15.0 Å². The van der Waals surface area contributed by atoms with Crippen LogP contribution in [0.2, 0.25) is 0 Å². The number of ether oxygens (including phenoxy) is 1. The molecule has 1 aromatic heterocycles. The molecule has 106 valence electrons. The molecule has 6 nitrogen and oxygen atoms in total. The van der Waals surface area contributed by atoms with Gasteiger partial charge in [0.1, 0.15) is 0 Å². The number of hydrogen-bond donors (Lipinski definition) is 1. The summed E-state index contributed by atoms with van der Waals surface area (Å²) < 4.78 is 10.7. The van der Waals surface area contributed by atoms with Crippen molar-refractivity contribution in [2.24, 2.45) is 5.73 Å². The molecule has 0 amide bonds. The van der Waals surface area contributed by atoms with Crippen LogP contribution >= 0.6 is 11.8 Å². The molecule has 0 radical (unpaired) electrons.